The molecule has 1 N–H and O–H groups in total. The van der Waals surface area contributed by atoms with Gasteiger partial charge in [0.2, 0.25) is 0 Å². The Labute approximate surface area is 123 Å². The van der Waals surface area contributed by atoms with E-state index < -0.39 is 21.6 Å². The first-order valence-corrected chi connectivity index (χ1v) is 8.09. The zero-order chi connectivity index (χ0) is 15.6. The number of aromatic carboxylic acids is 1. The van der Waals surface area contributed by atoms with Crippen LogP contribution in [0.2, 0.25) is 0 Å². The van der Waals surface area contributed by atoms with Gasteiger partial charge in [-0.25, -0.2) is 13.2 Å². The van der Waals surface area contributed by atoms with Gasteiger partial charge in [-0.15, -0.1) is 0 Å². The molecule has 6 heteroatoms. The molecule has 0 saturated carbocycles. The molecule has 0 unspecified atom stereocenters. The van der Waals surface area contributed by atoms with Gasteiger partial charge < -0.3 is 9.52 Å². The van der Waals surface area contributed by atoms with Crippen molar-refractivity contribution in [1.82, 2.24) is 0 Å². The van der Waals surface area contributed by atoms with E-state index in [1.165, 1.54) is 24.5 Å². The van der Waals surface area contributed by atoms with Crippen LogP contribution in [-0.2, 0) is 15.6 Å². The van der Waals surface area contributed by atoms with Crippen LogP contribution in [0.4, 0.5) is 0 Å². The summed E-state index contributed by atoms with van der Waals surface area (Å²) in [5, 5.41) is 8.96. The number of carboxylic acids is 1. The minimum Gasteiger partial charge on any atom is -0.478 e. The number of benzene rings is 1. The lowest BCUT2D eigenvalue weighted by Crippen LogP contribution is -2.08. The number of sulfone groups is 1. The average Bonchev–Trinajstić information content (AvgIpc) is 2.86. The molecule has 0 amide bonds. The first-order chi connectivity index (χ1) is 9.81. The highest BCUT2D eigenvalue weighted by Gasteiger charge is 2.22. The maximum Gasteiger partial charge on any atom is 0.339 e. The summed E-state index contributed by atoms with van der Waals surface area (Å²) in [6, 6.07) is 7.84. The van der Waals surface area contributed by atoms with Crippen LogP contribution in [0, 0.1) is 0 Å². The van der Waals surface area contributed by atoms with Crippen molar-refractivity contribution in [3.05, 3.63) is 53.5 Å². The number of rotatable bonds is 5. The Balaban J connectivity index is 2.30. The number of hydrogen-bond donors (Lipinski definition) is 1. The SMILES string of the molecule is CC(C)c1ccc(S(=O)(=O)Cc2occc2C(=O)O)cc1. The Bertz CT molecular complexity index is 739. The van der Waals surface area contributed by atoms with Gasteiger partial charge in [-0.1, -0.05) is 26.0 Å². The lowest BCUT2D eigenvalue weighted by molar-refractivity contribution is 0.0695. The van der Waals surface area contributed by atoms with Crippen LogP contribution in [0.1, 0.15) is 41.4 Å². The molecule has 0 bridgehead atoms. The van der Waals surface area contributed by atoms with Crippen LogP contribution in [0.5, 0.6) is 0 Å². The van der Waals surface area contributed by atoms with Crippen molar-refractivity contribution in [2.75, 3.05) is 0 Å². The molecule has 2 rings (SSSR count). The maximum absolute atomic E-state index is 12.3. The van der Waals surface area contributed by atoms with E-state index in [9.17, 15) is 13.2 Å². The van der Waals surface area contributed by atoms with E-state index in [-0.39, 0.29) is 16.2 Å². The van der Waals surface area contributed by atoms with Gasteiger partial charge in [0.1, 0.15) is 17.1 Å². The van der Waals surface area contributed by atoms with Crippen LogP contribution >= 0.6 is 0 Å². The number of hydrogen-bond acceptors (Lipinski definition) is 4. The first kappa shape index (κ1) is 15.3. The first-order valence-electron chi connectivity index (χ1n) is 6.43. The molecule has 0 aliphatic rings. The minimum atomic E-state index is -3.64. The zero-order valence-electron chi connectivity index (χ0n) is 11.7. The molecule has 1 aromatic carbocycles. The van der Waals surface area contributed by atoms with Crippen molar-refractivity contribution in [3.63, 3.8) is 0 Å². The summed E-state index contributed by atoms with van der Waals surface area (Å²) in [4.78, 5) is 11.1. The van der Waals surface area contributed by atoms with Crippen molar-refractivity contribution in [2.24, 2.45) is 0 Å². The van der Waals surface area contributed by atoms with Gasteiger partial charge in [-0.2, -0.15) is 0 Å². The summed E-state index contributed by atoms with van der Waals surface area (Å²) in [6.07, 6.45) is 1.18. The number of carboxylic acid groups (broad SMARTS) is 1. The predicted molar refractivity (Wildman–Crippen MR) is 77.1 cm³/mol. The lowest BCUT2D eigenvalue weighted by Gasteiger charge is -2.07. The molecular weight excluding hydrogens is 292 g/mol. The Morgan fingerprint density at radius 2 is 1.81 bits per heavy atom. The topological polar surface area (TPSA) is 84.6 Å². The van der Waals surface area contributed by atoms with E-state index in [4.69, 9.17) is 9.52 Å². The normalized spacial score (nSPS) is 11.8. The van der Waals surface area contributed by atoms with Crippen molar-refractivity contribution in [1.29, 1.82) is 0 Å². The predicted octanol–water partition coefficient (Wildman–Crippen LogP) is 3.08. The fourth-order valence-corrected chi connectivity index (χ4v) is 3.25. The Morgan fingerprint density at radius 1 is 1.19 bits per heavy atom. The van der Waals surface area contributed by atoms with E-state index in [1.807, 2.05) is 13.8 Å². The highest BCUT2D eigenvalue weighted by Crippen LogP contribution is 2.22. The molecule has 0 aliphatic heterocycles. The average molecular weight is 308 g/mol. The van der Waals surface area contributed by atoms with Gasteiger partial charge in [-0.3, -0.25) is 0 Å². The summed E-state index contributed by atoms with van der Waals surface area (Å²) in [6.45, 7) is 4.04. The van der Waals surface area contributed by atoms with Crippen LogP contribution in [0.15, 0.2) is 45.9 Å². The standard InChI is InChI=1S/C15H16O5S/c1-10(2)11-3-5-12(6-4-11)21(18,19)9-14-13(15(16)17)7-8-20-14/h3-8,10H,9H2,1-2H3,(H,16,17). The largest absolute Gasteiger partial charge is 0.478 e. The van der Waals surface area contributed by atoms with Gasteiger partial charge in [0.25, 0.3) is 0 Å². The van der Waals surface area contributed by atoms with Gasteiger partial charge in [0, 0.05) is 0 Å². The molecule has 1 heterocycles. The van der Waals surface area contributed by atoms with Gasteiger partial charge in [0.15, 0.2) is 9.84 Å². The second kappa shape index (κ2) is 5.73. The maximum atomic E-state index is 12.3. The van der Waals surface area contributed by atoms with E-state index >= 15 is 0 Å². The molecule has 2 aromatic rings. The monoisotopic (exact) mass is 308 g/mol. The van der Waals surface area contributed by atoms with E-state index in [1.54, 1.807) is 12.1 Å². The van der Waals surface area contributed by atoms with E-state index in [0.29, 0.717) is 5.92 Å². The van der Waals surface area contributed by atoms with Crippen molar-refractivity contribution in [3.8, 4) is 0 Å². The van der Waals surface area contributed by atoms with Gasteiger partial charge in [0.05, 0.1) is 11.2 Å². The van der Waals surface area contributed by atoms with Crippen LogP contribution < -0.4 is 0 Å². The highest BCUT2D eigenvalue weighted by molar-refractivity contribution is 7.90. The third kappa shape index (κ3) is 3.33. The number of carbonyl (C=O) groups is 1. The Morgan fingerprint density at radius 3 is 2.33 bits per heavy atom. The summed E-state index contributed by atoms with van der Waals surface area (Å²) >= 11 is 0. The molecule has 5 nitrogen and oxygen atoms in total. The molecule has 0 radical (unpaired) electrons. The van der Waals surface area contributed by atoms with Crippen LogP contribution in [0.25, 0.3) is 0 Å². The quantitative estimate of drug-likeness (QED) is 0.917. The molecule has 21 heavy (non-hydrogen) atoms. The van der Waals surface area contributed by atoms with Crippen LogP contribution in [-0.4, -0.2) is 19.5 Å². The van der Waals surface area contributed by atoms with Crippen molar-refractivity contribution < 1.29 is 22.7 Å². The number of furan rings is 1. The fourth-order valence-electron chi connectivity index (χ4n) is 1.96. The highest BCUT2D eigenvalue weighted by atomic mass is 32.2. The molecule has 112 valence electrons. The van der Waals surface area contributed by atoms with Crippen LogP contribution in [0.3, 0.4) is 0 Å². The molecule has 0 fully saturated rings. The Kier molecular flexibility index (Phi) is 4.18. The van der Waals surface area contributed by atoms with E-state index in [0.717, 1.165) is 5.56 Å². The fraction of sp³-hybridized carbons (Fsp3) is 0.267. The molecule has 1 aromatic heterocycles. The summed E-state index contributed by atoms with van der Waals surface area (Å²) < 4.78 is 29.6. The molecule has 0 atom stereocenters. The second-order valence-corrected chi connectivity index (χ2v) is 7.04. The summed E-state index contributed by atoms with van der Waals surface area (Å²) in [7, 11) is -3.64. The second-order valence-electron chi connectivity index (χ2n) is 5.05. The molecule has 0 aliphatic carbocycles. The van der Waals surface area contributed by atoms with E-state index in [2.05, 4.69) is 0 Å². The zero-order valence-corrected chi connectivity index (χ0v) is 12.6. The summed E-state index contributed by atoms with van der Waals surface area (Å²) in [5.41, 5.74) is 0.913. The lowest BCUT2D eigenvalue weighted by atomic mass is 10.0. The van der Waals surface area contributed by atoms with Gasteiger partial charge in [-0.05, 0) is 29.7 Å². The van der Waals surface area contributed by atoms with Crippen molar-refractivity contribution in [2.45, 2.75) is 30.4 Å². The third-order valence-electron chi connectivity index (χ3n) is 3.20. The minimum absolute atomic E-state index is 0.0598. The van der Waals surface area contributed by atoms with Crippen molar-refractivity contribution >= 4 is 15.8 Å². The third-order valence-corrected chi connectivity index (χ3v) is 4.84. The molecular formula is C15H16O5S. The molecule has 0 saturated heterocycles. The van der Waals surface area contributed by atoms with Gasteiger partial charge >= 0.3 is 5.97 Å². The Hall–Kier alpha value is -2.08. The smallest absolute Gasteiger partial charge is 0.339 e. The summed E-state index contributed by atoms with van der Waals surface area (Å²) in [5.74, 6) is -1.42. The molecule has 0 spiro atoms.